The molecule has 1 amide bonds. The van der Waals surface area contributed by atoms with Crippen molar-refractivity contribution >= 4 is 29.1 Å². The molecule has 184 valence electrons. The maximum Gasteiger partial charge on any atom is 0.253 e. The standard InChI is InChI=1S/C25H31Cl2N3O4/c1-13-10-14(2)29-24(32)18(13)12-28-23(31)17-11-19(26)21-22(20(17)27)34-25(3,33-21)15-6-8-16(9-7-15)30(4)5/h10-11,15-16H,6-9,12H2,1-5H3,(H,28,31)(H,29,32)/t15-,16-,25?. The van der Waals surface area contributed by atoms with Gasteiger partial charge in [-0.25, -0.2) is 0 Å². The number of nitrogens with one attached hydrogen (secondary N) is 2. The number of carbonyl (C=O) groups is 1. The van der Waals surface area contributed by atoms with Crippen LogP contribution < -0.4 is 20.3 Å². The van der Waals surface area contributed by atoms with Gasteiger partial charge in [0.2, 0.25) is 0 Å². The third-order valence-electron chi connectivity index (χ3n) is 7.07. The van der Waals surface area contributed by atoms with Gasteiger partial charge >= 0.3 is 0 Å². The molecular formula is C25H31Cl2N3O4. The van der Waals surface area contributed by atoms with Crippen LogP contribution in [0.4, 0.5) is 0 Å². The predicted molar refractivity (Wildman–Crippen MR) is 133 cm³/mol. The Morgan fingerprint density at radius 1 is 1.15 bits per heavy atom. The first-order valence-electron chi connectivity index (χ1n) is 11.5. The van der Waals surface area contributed by atoms with Crippen molar-refractivity contribution in [2.75, 3.05) is 14.1 Å². The third-order valence-corrected chi connectivity index (χ3v) is 7.73. The second-order valence-corrected chi connectivity index (χ2v) is 10.5. The molecule has 0 saturated heterocycles. The van der Waals surface area contributed by atoms with E-state index in [4.69, 9.17) is 32.7 Å². The van der Waals surface area contributed by atoms with Gasteiger partial charge in [0.25, 0.3) is 17.3 Å². The van der Waals surface area contributed by atoms with Gasteiger partial charge in [0.15, 0.2) is 11.5 Å². The van der Waals surface area contributed by atoms with E-state index in [-0.39, 0.29) is 33.6 Å². The van der Waals surface area contributed by atoms with Crippen LogP contribution in [0.1, 0.15) is 59.8 Å². The van der Waals surface area contributed by atoms with Crippen molar-refractivity contribution in [2.45, 2.75) is 64.8 Å². The minimum absolute atomic E-state index is 0.0650. The molecule has 2 aromatic rings. The summed E-state index contributed by atoms with van der Waals surface area (Å²) in [7, 11) is 4.21. The zero-order chi connectivity index (χ0) is 24.8. The average Bonchev–Trinajstić information content (AvgIpc) is 3.15. The number of aromatic nitrogens is 1. The molecule has 7 nitrogen and oxygen atoms in total. The molecule has 1 aliphatic carbocycles. The van der Waals surface area contributed by atoms with Crippen LogP contribution in [0.25, 0.3) is 0 Å². The van der Waals surface area contributed by atoms with Crippen LogP contribution in [-0.4, -0.2) is 41.7 Å². The molecule has 1 unspecified atom stereocenters. The van der Waals surface area contributed by atoms with Crippen molar-refractivity contribution in [3.8, 4) is 11.5 Å². The second kappa shape index (κ2) is 9.44. The highest BCUT2D eigenvalue weighted by atomic mass is 35.5. The maximum absolute atomic E-state index is 13.0. The van der Waals surface area contributed by atoms with Gasteiger partial charge in [0.1, 0.15) is 0 Å². The first-order valence-corrected chi connectivity index (χ1v) is 12.3. The molecule has 1 fully saturated rings. The summed E-state index contributed by atoms with van der Waals surface area (Å²) in [6, 6.07) is 3.90. The zero-order valence-electron chi connectivity index (χ0n) is 20.2. The molecule has 1 aliphatic heterocycles. The molecule has 1 saturated carbocycles. The first-order chi connectivity index (χ1) is 16.0. The molecule has 0 radical (unpaired) electrons. The number of H-pyrrole nitrogens is 1. The number of aryl methyl sites for hydroxylation is 2. The highest BCUT2D eigenvalue weighted by Crippen LogP contribution is 2.53. The van der Waals surface area contributed by atoms with Gasteiger partial charge in [-0.2, -0.15) is 0 Å². The Morgan fingerprint density at radius 3 is 2.41 bits per heavy atom. The van der Waals surface area contributed by atoms with Gasteiger partial charge in [-0.3, -0.25) is 9.59 Å². The number of aromatic amines is 1. The van der Waals surface area contributed by atoms with E-state index in [0.717, 1.165) is 36.9 Å². The number of rotatable bonds is 5. The van der Waals surface area contributed by atoms with E-state index in [2.05, 4.69) is 29.3 Å². The summed E-state index contributed by atoms with van der Waals surface area (Å²) in [6.07, 6.45) is 4.03. The van der Waals surface area contributed by atoms with Crippen LogP contribution >= 0.6 is 23.2 Å². The molecule has 1 aromatic carbocycles. The minimum Gasteiger partial charge on any atom is -0.447 e. The summed E-state index contributed by atoms with van der Waals surface area (Å²) in [4.78, 5) is 30.3. The van der Waals surface area contributed by atoms with E-state index >= 15 is 0 Å². The number of amides is 1. The van der Waals surface area contributed by atoms with E-state index in [1.54, 1.807) is 0 Å². The van der Waals surface area contributed by atoms with Gasteiger partial charge in [-0.15, -0.1) is 0 Å². The number of halogens is 2. The Bertz CT molecular complexity index is 1170. The van der Waals surface area contributed by atoms with Crippen LogP contribution in [0.15, 0.2) is 16.9 Å². The van der Waals surface area contributed by atoms with Gasteiger partial charge in [0.05, 0.1) is 15.6 Å². The van der Waals surface area contributed by atoms with E-state index in [1.165, 1.54) is 6.07 Å². The number of hydrogen-bond donors (Lipinski definition) is 2. The van der Waals surface area contributed by atoms with Crippen molar-refractivity contribution in [3.05, 3.63) is 54.9 Å². The second-order valence-electron chi connectivity index (χ2n) is 9.69. The maximum atomic E-state index is 13.0. The normalized spacial score (nSPS) is 23.9. The van der Waals surface area contributed by atoms with Crippen LogP contribution in [0.3, 0.4) is 0 Å². The average molecular weight is 508 g/mol. The Kier molecular flexibility index (Phi) is 6.91. The largest absolute Gasteiger partial charge is 0.447 e. The highest BCUT2D eigenvalue weighted by molar-refractivity contribution is 6.38. The predicted octanol–water partition coefficient (Wildman–Crippen LogP) is 4.84. The first kappa shape index (κ1) is 24.9. The fraction of sp³-hybridized carbons (Fsp3) is 0.520. The Balaban J connectivity index is 1.52. The van der Waals surface area contributed by atoms with E-state index in [1.807, 2.05) is 26.8 Å². The summed E-state index contributed by atoms with van der Waals surface area (Å²) >= 11 is 13.1. The fourth-order valence-corrected chi connectivity index (χ4v) is 5.51. The van der Waals surface area contributed by atoms with E-state index in [0.29, 0.717) is 23.1 Å². The Labute approximate surface area is 209 Å². The van der Waals surface area contributed by atoms with Gasteiger partial charge in [-0.05, 0) is 71.3 Å². The number of benzene rings is 1. The molecule has 1 atom stereocenters. The molecule has 2 N–H and O–H groups in total. The molecule has 0 bridgehead atoms. The van der Waals surface area contributed by atoms with E-state index < -0.39 is 11.7 Å². The summed E-state index contributed by atoms with van der Waals surface area (Å²) in [5.41, 5.74) is 2.00. The molecule has 34 heavy (non-hydrogen) atoms. The van der Waals surface area contributed by atoms with Crippen LogP contribution in [0, 0.1) is 19.8 Å². The van der Waals surface area contributed by atoms with Gasteiger partial charge in [-0.1, -0.05) is 23.2 Å². The summed E-state index contributed by atoms with van der Waals surface area (Å²) in [5.74, 6) is -0.504. The summed E-state index contributed by atoms with van der Waals surface area (Å²) in [6.45, 7) is 5.62. The topological polar surface area (TPSA) is 83.7 Å². The molecule has 9 heteroatoms. The quantitative estimate of drug-likeness (QED) is 0.604. The van der Waals surface area contributed by atoms with Crippen molar-refractivity contribution in [3.63, 3.8) is 0 Å². The molecule has 0 spiro atoms. The SMILES string of the molecule is Cc1cc(C)c(CNC(=O)c2cc(Cl)c3c(c2Cl)OC(C)([C@H]2CC[C@H](N(C)C)CC2)O3)c(=O)[nH]1. The number of nitrogens with zero attached hydrogens (tertiary/aromatic N) is 1. The van der Waals surface area contributed by atoms with Crippen LogP contribution in [0.5, 0.6) is 11.5 Å². The lowest BCUT2D eigenvalue weighted by atomic mass is 9.81. The fourth-order valence-electron chi connectivity index (χ4n) is 5.01. The lowest BCUT2D eigenvalue weighted by Gasteiger charge is -2.39. The number of hydrogen-bond acceptors (Lipinski definition) is 5. The van der Waals surface area contributed by atoms with E-state index in [9.17, 15) is 9.59 Å². The Hall–Kier alpha value is -2.22. The molecular weight excluding hydrogens is 477 g/mol. The summed E-state index contributed by atoms with van der Waals surface area (Å²) < 4.78 is 12.5. The lowest BCUT2D eigenvalue weighted by molar-refractivity contribution is -0.123. The zero-order valence-corrected chi connectivity index (χ0v) is 21.7. The number of fused-ring (bicyclic) bond motifs is 1. The molecule has 2 heterocycles. The smallest absolute Gasteiger partial charge is 0.253 e. The van der Waals surface area contributed by atoms with Gasteiger partial charge < -0.3 is 24.7 Å². The van der Waals surface area contributed by atoms with Crippen molar-refractivity contribution in [2.24, 2.45) is 5.92 Å². The number of pyridine rings is 1. The van der Waals surface area contributed by atoms with Crippen molar-refractivity contribution in [1.29, 1.82) is 0 Å². The third kappa shape index (κ3) is 4.66. The Morgan fingerprint density at radius 2 is 1.79 bits per heavy atom. The molecule has 1 aromatic heterocycles. The van der Waals surface area contributed by atoms with Crippen LogP contribution in [0.2, 0.25) is 10.0 Å². The van der Waals surface area contributed by atoms with Crippen LogP contribution in [-0.2, 0) is 6.54 Å². The molecule has 2 aliphatic rings. The highest BCUT2D eigenvalue weighted by Gasteiger charge is 2.47. The van der Waals surface area contributed by atoms with Crippen molar-refractivity contribution < 1.29 is 14.3 Å². The number of carbonyl (C=O) groups excluding carboxylic acids is 1. The summed E-state index contributed by atoms with van der Waals surface area (Å²) in [5, 5.41) is 3.19. The monoisotopic (exact) mass is 507 g/mol. The lowest BCUT2D eigenvalue weighted by Crippen LogP contribution is -2.46. The minimum atomic E-state index is -0.895. The van der Waals surface area contributed by atoms with Gasteiger partial charge in [0, 0.05) is 36.7 Å². The van der Waals surface area contributed by atoms with Crippen molar-refractivity contribution in [1.82, 2.24) is 15.2 Å². The number of ether oxygens (including phenoxy) is 2. The molecule has 4 rings (SSSR count).